The second-order valence-corrected chi connectivity index (χ2v) is 16.1. The minimum Gasteiger partial charge on any atom is -0.494 e. The van der Waals surface area contributed by atoms with Gasteiger partial charge in [-0.25, -0.2) is 14.4 Å². The first kappa shape index (κ1) is 58.4. The van der Waals surface area contributed by atoms with Crippen LogP contribution in [-0.4, -0.2) is 56.4 Å². The van der Waals surface area contributed by atoms with Crippen molar-refractivity contribution in [1.82, 2.24) is 0 Å². The Balaban J connectivity index is 0.00000141. The lowest BCUT2D eigenvalue weighted by atomic mass is 10.0. The lowest BCUT2D eigenvalue weighted by Gasteiger charge is -2.07. The highest BCUT2D eigenvalue weighted by Gasteiger charge is 2.04. The molecule has 0 amide bonds. The zero-order valence-corrected chi connectivity index (χ0v) is 39.7. The van der Waals surface area contributed by atoms with E-state index < -0.39 is 0 Å². The first-order chi connectivity index (χ1) is 30.2. The topological polar surface area (TPSA) is 129 Å². The van der Waals surface area contributed by atoms with Gasteiger partial charge in [-0.15, -0.1) is 0 Å². The largest absolute Gasteiger partial charge is 0.494 e. The van der Waals surface area contributed by atoms with Crippen LogP contribution in [0.2, 0.25) is 0 Å². The Bertz CT molecular complexity index is 1530. The van der Waals surface area contributed by atoms with Crippen LogP contribution in [0.25, 0.3) is 12.2 Å². The van der Waals surface area contributed by atoms with Gasteiger partial charge in [0.2, 0.25) is 0 Å². The van der Waals surface area contributed by atoms with E-state index >= 15 is 0 Å². The molecule has 63 heavy (non-hydrogen) atoms. The fraction of sp³-hybridized carbons (Fsp3) is 0.574. The van der Waals surface area contributed by atoms with Gasteiger partial charge in [-0.1, -0.05) is 140 Å². The number of benzene rings is 2. The van der Waals surface area contributed by atoms with Gasteiger partial charge in [0.1, 0.15) is 11.5 Å². The lowest BCUT2D eigenvalue weighted by Crippen LogP contribution is -2.06. The van der Waals surface area contributed by atoms with E-state index in [1.54, 1.807) is 19.9 Å². The Hall–Kier alpha value is -4.63. The molecule has 0 aliphatic rings. The summed E-state index contributed by atoms with van der Waals surface area (Å²) >= 11 is 0. The number of hydrogen-bond donors (Lipinski definition) is 0. The molecule has 0 saturated carbocycles. The number of rotatable bonds is 36. The molecular weight excluding hydrogens is 793 g/mol. The maximum Gasteiger partial charge on any atom is 0.333 e. The third-order valence-corrected chi connectivity index (χ3v) is 10.1. The van der Waals surface area contributed by atoms with Gasteiger partial charge in [0, 0.05) is 17.2 Å². The molecule has 354 valence electrons. The minimum atomic E-state index is -0.321. The highest BCUT2D eigenvalue weighted by molar-refractivity contribution is 5.87. The standard InChI is InChI=1S/C35H56O5.C19H26O3.H2O/c1-4-5-6-7-8-9-10-11-12-13-14-15-16-20-29-39-34(36)27-24-32-22-25-33(26-23-32)38-28-19-17-18-21-30-40-35(37)31(2)3;1-4-9-17-10-12-18(13-11-17)21-14-7-5-6-8-15-22-19(20)16(2)3;/h22-27H,2,4-21,28-30H2,1,3H3;4,9-13H,2,5-8,14-15H2,1,3H3;1H2/b27-24+;9-4+;. The van der Waals surface area contributed by atoms with E-state index in [0.717, 1.165) is 81.3 Å². The summed E-state index contributed by atoms with van der Waals surface area (Å²) in [6.07, 6.45) is 33.6. The Morgan fingerprint density at radius 3 is 1.13 bits per heavy atom. The van der Waals surface area contributed by atoms with Crippen molar-refractivity contribution in [3.63, 3.8) is 0 Å². The molecule has 0 fully saturated rings. The molecule has 2 rings (SSSR count). The number of hydrogen-bond acceptors (Lipinski definition) is 8. The molecule has 0 atom stereocenters. The molecule has 2 aromatic carbocycles. The molecule has 0 spiro atoms. The summed E-state index contributed by atoms with van der Waals surface area (Å²) in [5.74, 6) is 0.810. The molecule has 0 radical (unpaired) electrons. The van der Waals surface area contributed by atoms with Gasteiger partial charge in [0.05, 0.1) is 33.0 Å². The van der Waals surface area contributed by atoms with Crippen molar-refractivity contribution in [2.75, 3.05) is 33.0 Å². The van der Waals surface area contributed by atoms with Gasteiger partial charge in [-0.05, 0) is 120 Å². The van der Waals surface area contributed by atoms with Crippen molar-refractivity contribution >= 4 is 30.1 Å². The van der Waals surface area contributed by atoms with E-state index in [1.165, 1.54) is 88.7 Å². The number of allylic oxidation sites excluding steroid dienone is 1. The highest BCUT2D eigenvalue weighted by Crippen LogP contribution is 2.17. The van der Waals surface area contributed by atoms with Gasteiger partial charge in [-0.3, -0.25) is 0 Å². The maximum absolute atomic E-state index is 12.0. The van der Waals surface area contributed by atoms with E-state index in [1.807, 2.05) is 61.5 Å². The van der Waals surface area contributed by atoms with Crippen LogP contribution in [0.3, 0.4) is 0 Å². The minimum absolute atomic E-state index is 0. The highest BCUT2D eigenvalue weighted by atomic mass is 16.5. The van der Waals surface area contributed by atoms with E-state index in [4.69, 9.17) is 23.7 Å². The van der Waals surface area contributed by atoms with Crippen LogP contribution in [0.5, 0.6) is 11.5 Å². The van der Waals surface area contributed by atoms with Crippen molar-refractivity contribution in [2.24, 2.45) is 0 Å². The third kappa shape index (κ3) is 35.5. The molecular formula is C54H84O9. The van der Waals surface area contributed by atoms with Crippen LogP contribution < -0.4 is 9.47 Å². The summed E-state index contributed by atoms with van der Waals surface area (Å²) in [6, 6.07) is 15.8. The fourth-order valence-corrected chi connectivity index (χ4v) is 6.30. The van der Waals surface area contributed by atoms with Gasteiger partial charge >= 0.3 is 17.9 Å². The van der Waals surface area contributed by atoms with E-state index in [2.05, 4.69) is 26.2 Å². The average Bonchev–Trinajstić information content (AvgIpc) is 3.27. The van der Waals surface area contributed by atoms with Gasteiger partial charge in [0.15, 0.2) is 0 Å². The molecule has 2 aromatic rings. The zero-order chi connectivity index (χ0) is 45.3. The molecule has 9 heteroatoms. The fourth-order valence-electron chi connectivity index (χ4n) is 6.30. The van der Waals surface area contributed by atoms with Crippen molar-refractivity contribution in [2.45, 2.75) is 169 Å². The van der Waals surface area contributed by atoms with E-state index in [0.29, 0.717) is 44.2 Å². The Morgan fingerprint density at radius 1 is 0.460 bits per heavy atom. The zero-order valence-electron chi connectivity index (χ0n) is 39.7. The molecule has 2 N–H and O–H groups in total. The van der Waals surface area contributed by atoms with E-state index in [9.17, 15) is 14.4 Å². The molecule has 0 heterocycles. The van der Waals surface area contributed by atoms with Gasteiger partial charge in [0.25, 0.3) is 0 Å². The monoisotopic (exact) mass is 877 g/mol. The van der Waals surface area contributed by atoms with Crippen molar-refractivity contribution < 1.29 is 43.5 Å². The maximum atomic E-state index is 12.0. The summed E-state index contributed by atoms with van der Waals surface area (Å²) in [6.45, 7) is 17.5. The first-order valence-corrected chi connectivity index (χ1v) is 23.7. The molecule has 0 aliphatic carbocycles. The van der Waals surface area contributed by atoms with E-state index in [-0.39, 0.29) is 23.4 Å². The summed E-state index contributed by atoms with van der Waals surface area (Å²) in [5, 5.41) is 0. The smallest absolute Gasteiger partial charge is 0.333 e. The third-order valence-electron chi connectivity index (χ3n) is 10.1. The Kier molecular flexibility index (Phi) is 38.3. The van der Waals surface area contributed by atoms with Crippen molar-refractivity contribution in [3.05, 3.63) is 96.1 Å². The number of ether oxygens (including phenoxy) is 5. The predicted octanol–water partition coefficient (Wildman–Crippen LogP) is 13.7. The second kappa shape index (κ2) is 41.4. The summed E-state index contributed by atoms with van der Waals surface area (Å²) < 4.78 is 26.9. The summed E-state index contributed by atoms with van der Waals surface area (Å²) in [5.41, 5.74) is 3.00. The first-order valence-electron chi connectivity index (χ1n) is 23.7. The second-order valence-electron chi connectivity index (χ2n) is 16.1. The lowest BCUT2D eigenvalue weighted by molar-refractivity contribution is -0.139. The van der Waals surface area contributed by atoms with Crippen molar-refractivity contribution in [3.8, 4) is 11.5 Å². The molecule has 0 unspecified atom stereocenters. The van der Waals surface area contributed by atoms with Crippen molar-refractivity contribution in [1.29, 1.82) is 0 Å². The van der Waals surface area contributed by atoms with Gasteiger partial charge < -0.3 is 29.2 Å². The number of carbonyl (C=O) groups is 3. The summed E-state index contributed by atoms with van der Waals surface area (Å²) in [7, 11) is 0. The molecule has 0 aromatic heterocycles. The summed E-state index contributed by atoms with van der Waals surface area (Å²) in [4.78, 5) is 34.4. The van der Waals surface area contributed by atoms with Crippen LogP contribution in [0.15, 0.2) is 85.0 Å². The molecule has 0 aliphatic heterocycles. The molecule has 0 saturated heterocycles. The average molecular weight is 877 g/mol. The van der Waals surface area contributed by atoms with Crippen LogP contribution >= 0.6 is 0 Å². The predicted molar refractivity (Wildman–Crippen MR) is 261 cm³/mol. The molecule has 0 bridgehead atoms. The number of unbranched alkanes of at least 4 members (excludes halogenated alkanes) is 19. The number of carbonyl (C=O) groups excluding carboxylic acids is 3. The van der Waals surface area contributed by atoms with Crippen LogP contribution in [0, 0.1) is 0 Å². The van der Waals surface area contributed by atoms with Crippen LogP contribution in [0.4, 0.5) is 0 Å². The van der Waals surface area contributed by atoms with Crippen LogP contribution in [0.1, 0.15) is 180 Å². The quantitative estimate of drug-likeness (QED) is 0.0286. The normalized spacial score (nSPS) is 10.7. The Labute approximate surface area is 382 Å². The van der Waals surface area contributed by atoms with Gasteiger partial charge in [-0.2, -0.15) is 0 Å². The number of esters is 3. The van der Waals surface area contributed by atoms with Crippen LogP contribution in [-0.2, 0) is 28.6 Å². The SMILES string of the molecule is C=C(C)C(=O)OCCCCCCOc1ccc(/C=C/C(=O)OCCCCCCCCCCCCCCCC)cc1.C=C(C)C(=O)OCCCCCCOc1ccc(/C=C/C)cc1.O. The molecule has 9 nitrogen and oxygen atoms in total. The Morgan fingerprint density at radius 2 is 0.778 bits per heavy atom.